The average Bonchev–Trinajstić information content (AvgIpc) is 2.05. The summed E-state index contributed by atoms with van der Waals surface area (Å²) in [5.41, 5.74) is -0.858. The van der Waals surface area contributed by atoms with Crippen LogP contribution in [0, 0.1) is 6.92 Å². The summed E-state index contributed by atoms with van der Waals surface area (Å²) in [7, 11) is -4.28. The number of hydrogen-bond donors (Lipinski definition) is 1. The number of hydrogen-bond acceptors (Lipinski definition) is 3. The topological polar surface area (TPSA) is 73.0 Å². The van der Waals surface area contributed by atoms with Crippen LogP contribution in [0.25, 0.3) is 0 Å². The fourth-order valence-corrected chi connectivity index (χ4v) is 2.46. The van der Waals surface area contributed by atoms with Crippen molar-refractivity contribution in [3.63, 3.8) is 0 Å². The molecule has 2 N–H and O–H groups in total. The van der Waals surface area contributed by atoms with E-state index in [4.69, 9.17) is 16.7 Å². The summed E-state index contributed by atoms with van der Waals surface area (Å²) in [6.07, 6.45) is -2.02. The summed E-state index contributed by atoms with van der Waals surface area (Å²) in [6, 6.07) is 0. The van der Waals surface area contributed by atoms with Crippen LogP contribution in [0.4, 0.5) is 8.78 Å². The van der Waals surface area contributed by atoms with Gasteiger partial charge in [-0.2, -0.15) is 0 Å². The van der Waals surface area contributed by atoms with Gasteiger partial charge in [0.25, 0.3) is 6.43 Å². The number of aromatic nitrogens is 1. The molecule has 0 amide bonds. The van der Waals surface area contributed by atoms with Crippen molar-refractivity contribution in [2.75, 3.05) is 0 Å². The van der Waals surface area contributed by atoms with Gasteiger partial charge >= 0.3 is 0 Å². The predicted molar refractivity (Wildman–Crippen MR) is 50.3 cm³/mol. The van der Waals surface area contributed by atoms with E-state index in [1.165, 1.54) is 6.92 Å². The van der Waals surface area contributed by atoms with Crippen molar-refractivity contribution in [1.29, 1.82) is 0 Å². The lowest BCUT2D eigenvalue weighted by atomic mass is 10.2. The molecule has 0 saturated heterocycles. The van der Waals surface area contributed by atoms with Gasteiger partial charge in [0.15, 0.2) is 0 Å². The zero-order valence-corrected chi connectivity index (χ0v) is 9.11. The van der Waals surface area contributed by atoms with Crippen molar-refractivity contribution in [3.05, 3.63) is 22.5 Å². The highest BCUT2D eigenvalue weighted by Crippen LogP contribution is 2.32. The molecule has 0 aliphatic carbocycles. The minimum atomic E-state index is -4.28. The van der Waals surface area contributed by atoms with Crippen LogP contribution in [0.15, 0.2) is 11.1 Å². The van der Waals surface area contributed by atoms with E-state index < -0.39 is 31.9 Å². The third kappa shape index (κ3) is 2.42. The molecule has 4 nitrogen and oxygen atoms in total. The standard InChI is InChI=1S/C7H7ClF2N2O2S/c1-3-5(7(9)10)6(15(11,13)14)4(8)2-12-3/h2,7H,1H3,(H2,11,13,14). The minimum absolute atomic E-state index is 0.113. The van der Waals surface area contributed by atoms with E-state index in [-0.39, 0.29) is 5.69 Å². The molecule has 0 spiro atoms. The molecule has 84 valence electrons. The van der Waals surface area contributed by atoms with Crippen molar-refractivity contribution in [1.82, 2.24) is 4.98 Å². The lowest BCUT2D eigenvalue weighted by Gasteiger charge is -2.10. The van der Waals surface area contributed by atoms with Crippen molar-refractivity contribution in [2.45, 2.75) is 18.2 Å². The molecule has 8 heteroatoms. The first-order valence-corrected chi connectivity index (χ1v) is 5.63. The highest BCUT2D eigenvalue weighted by Gasteiger charge is 2.26. The van der Waals surface area contributed by atoms with Gasteiger partial charge in [-0.1, -0.05) is 11.6 Å². The SMILES string of the molecule is Cc1ncc(Cl)c(S(N)(=O)=O)c1C(F)F. The second-order valence-electron chi connectivity index (χ2n) is 2.78. The summed E-state index contributed by atoms with van der Waals surface area (Å²) < 4.78 is 47.3. The molecule has 0 fully saturated rings. The monoisotopic (exact) mass is 256 g/mol. The number of pyridine rings is 1. The molecule has 0 atom stereocenters. The number of primary sulfonamides is 1. The Labute approximate surface area is 90.1 Å². The third-order valence-electron chi connectivity index (χ3n) is 1.73. The van der Waals surface area contributed by atoms with Gasteiger partial charge in [0.1, 0.15) is 4.90 Å². The molecule has 0 aliphatic heterocycles. The molecular weight excluding hydrogens is 250 g/mol. The Bertz CT molecular complexity index is 490. The summed E-state index contributed by atoms with van der Waals surface area (Å²) in [5.74, 6) is 0. The fourth-order valence-electron chi connectivity index (χ4n) is 1.12. The summed E-state index contributed by atoms with van der Waals surface area (Å²) in [5, 5.41) is 4.39. The van der Waals surface area contributed by atoms with Gasteiger partial charge in [-0.25, -0.2) is 22.3 Å². The number of aryl methyl sites for hydroxylation is 1. The van der Waals surface area contributed by atoms with Gasteiger partial charge in [-0.05, 0) is 6.92 Å². The molecule has 15 heavy (non-hydrogen) atoms. The smallest absolute Gasteiger partial charge is 0.259 e. The number of sulfonamides is 1. The summed E-state index contributed by atoms with van der Waals surface area (Å²) >= 11 is 5.48. The van der Waals surface area contributed by atoms with Crippen molar-refractivity contribution >= 4 is 21.6 Å². The molecule has 0 saturated carbocycles. The van der Waals surface area contributed by atoms with E-state index in [9.17, 15) is 17.2 Å². The Balaban J connectivity index is 3.68. The lowest BCUT2D eigenvalue weighted by Crippen LogP contribution is -2.17. The Morgan fingerprint density at radius 1 is 1.53 bits per heavy atom. The number of nitrogens with zero attached hydrogens (tertiary/aromatic N) is 1. The minimum Gasteiger partial charge on any atom is -0.259 e. The number of nitrogens with two attached hydrogens (primary N) is 1. The molecule has 0 aliphatic rings. The van der Waals surface area contributed by atoms with E-state index in [1.807, 2.05) is 0 Å². The van der Waals surface area contributed by atoms with E-state index in [0.717, 1.165) is 6.20 Å². The Morgan fingerprint density at radius 3 is 2.40 bits per heavy atom. The first kappa shape index (κ1) is 12.3. The Morgan fingerprint density at radius 2 is 2.07 bits per heavy atom. The van der Waals surface area contributed by atoms with Crippen LogP contribution in [0.5, 0.6) is 0 Å². The lowest BCUT2D eigenvalue weighted by molar-refractivity contribution is 0.146. The largest absolute Gasteiger partial charge is 0.266 e. The van der Waals surface area contributed by atoms with Crippen LogP contribution in [0.2, 0.25) is 5.02 Å². The predicted octanol–water partition coefficient (Wildman–Crippen LogP) is 1.63. The van der Waals surface area contributed by atoms with Crippen LogP contribution in [0.1, 0.15) is 17.7 Å². The van der Waals surface area contributed by atoms with Crippen LogP contribution >= 0.6 is 11.6 Å². The molecule has 0 radical (unpaired) electrons. The highest BCUT2D eigenvalue weighted by molar-refractivity contribution is 7.89. The highest BCUT2D eigenvalue weighted by atomic mass is 35.5. The molecule has 0 aromatic carbocycles. The van der Waals surface area contributed by atoms with Gasteiger partial charge in [-0.15, -0.1) is 0 Å². The molecule has 1 heterocycles. The quantitative estimate of drug-likeness (QED) is 0.874. The van der Waals surface area contributed by atoms with E-state index in [0.29, 0.717) is 0 Å². The molecule has 0 bridgehead atoms. The average molecular weight is 257 g/mol. The van der Waals surface area contributed by atoms with Gasteiger partial charge in [-0.3, -0.25) is 4.98 Å². The summed E-state index contributed by atoms with van der Waals surface area (Å²) in [6.45, 7) is 1.26. The molecule has 0 unspecified atom stereocenters. The third-order valence-corrected chi connectivity index (χ3v) is 3.13. The maximum atomic E-state index is 12.6. The molecule has 1 aromatic heterocycles. The molecule has 1 aromatic rings. The van der Waals surface area contributed by atoms with E-state index in [2.05, 4.69) is 4.98 Å². The van der Waals surface area contributed by atoms with Gasteiger partial charge in [0.05, 0.1) is 10.6 Å². The zero-order chi connectivity index (χ0) is 11.8. The second kappa shape index (κ2) is 3.99. The van der Waals surface area contributed by atoms with E-state index in [1.54, 1.807) is 0 Å². The molecular formula is C7H7ClF2N2O2S. The van der Waals surface area contributed by atoms with Gasteiger partial charge in [0, 0.05) is 11.9 Å². The van der Waals surface area contributed by atoms with Gasteiger partial charge < -0.3 is 0 Å². The van der Waals surface area contributed by atoms with Crippen LogP contribution in [0.3, 0.4) is 0 Å². The first-order valence-electron chi connectivity index (χ1n) is 3.71. The van der Waals surface area contributed by atoms with Crippen molar-refractivity contribution in [2.24, 2.45) is 5.14 Å². The number of alkyl halides is 2. The Kier molecular flexibility index (Phi) is 3.27. The van der Waals surface area contributed by atoms with Crippen LogP contribution < -0.4 is 5.14 Å². The van der Waals surface area contributed by atoms with Crippen LogP contribution in [-0.4, -0.2) is 13.4 Å². The van der Waals surface area contributed by atoms with Crippen LogP contribution in [-0.2, 0) is 10.0 Å². The summed E-state index contributed by atoms with van der Waals surface area (Å²) in [4.78, 5) is 2.78. The molecule has 1 rings (SSSR count). The zero-order valence-electron chi connectivity index (χ0n) is 7.54. The normalized spacial score (nSPS) is 12.1. The Hall–Kier alpha value is -0.790. The fraction of sp³-hybridized carbons (Fsp3) is 0.286. The number of rotatable bonds is 2. The van der Waals surface area contributed by atoms with E-state index >= 15 is 0 Å². The number of halogens is 3. The maximum Gasteiger partial charge on any atom is 0.266 e. The van der Waals surface area contributed by atoms with Crippen molar-refractivity contribution < 1.29 is 17.2 Å². The second-order valence-corrected chi connectivity index (χ2v) is 4.69. The maximum absolute atomic E-state index is 12.6. The van der Waals surface area contributed by atoms with Crippen molar-refractivity contribution in [3.8, 4) is 0 Å². The first-order chi connectivity index (χ1) is 6.75. The van der Waals surface area contributed by atoms with Gasteiger partial charge in [0.2, 0.25) is 10.0 Å².